The fourth-order valence-corrected chi connectivity index (χ4v) is 4.48. The lowest BCUT2D eigenvalue weighted by molar-refractivity contribution is -0.0710. The normalized spacial score (nSPS) is 32.7. The van der Waals surface area contributed by atoms with Gasteiger partial charge in [-0.1, -0.05) is 30.3 Å². The van der Waals surface area contributed by atoms with Gasteiger partial charge >= 0.3 is 6.09 Å². The van der Waals surface area contributed by atoms with Crippen LogP contribution in [0.5, 0.6) is 0 Å². The van der Waals surface area contributed by atoms with Gasteiger partial charge in [0.15, 0.2) is 0 Å². The Kier molecular flexibility index (Phi) is 4.36. The molecular weight excluding hydrogens is 316 g/mol. The summed E-state index contributed by atoms with van der Waals surface area (Å²) < 4.78 is 5.65. The number of ether oxygens (including phenoxy) is 1. The van der Waals surface area contributed by atoms with Gasteiger partial charge in [0.25, 0.3) is 0 Å². The summed E-state index contributed by atoms with van der Waals surface area (Å²) in [4.78, 5) is 17.0. The van der Waals surface area contributed by atoms with Gasteiger partial charge in [-0.3, -0.25) is 9.80 Å². The van der Waals surface area contributed by atoms with E-state index in [1.54, 1.807) is 4.90 Å². The minimum atomic E-state index is -0.635. The van der Waals surface area contributed by atoms with E-state index in [1.807, 2.05) is 45.9 Å². The number of fused-ring (bicyclic) bond motifs is 2. The van der Waals surface area contributed by atoms with Crippen molar-refractivity contribution in [3.63, 3.8) is 0 Å². The third-order valence-electron chi connectivity index (χ3n) is 5.33. The average Bonchev–Trinajstić information content (AvgIpc) is 2.57. The highest BCUT2D eigenvalue weighted by Gasteiger charge is 2.62. The number of hydrogen-bond donors (Lipinski definition) is 1. The van der Waals surface area contributed by atoms with Crippen LogP contribution in [0.1, 0.15) is 46.6 Å². The van der Waals surface area contributed by atoms with Crippen molar-refractivity contribution in [2.45, 2.75) is 70.4 Å². The standard InChI is InChI=1S/C20H30N2O3/c1-18(2,3)25-17(24)22-19(4)11-16(23)20(22,5)14-21(13-19)12-15-9-7-6-8-10-15/h6-10,16,23H,11-14H2,1-5H3/t16?,19-,20?/m1/s1. The maximum Gasteiger partial charge on any atom is 0.411 e. The molecule has 5 heteroatoms. The van der Waals surface area contributed by atoms with Gasteiger partial charge in [-0.2, -0.15) is 0 Å². The average molecular weight is 346 g/mol. The van der Waals surface area contributed by atoms with E-state index in [2.05, 4.69) is 24.0 Å². The van der Waals surface area contributed by atoms with Gasteiger partial charge in [0.05, 0.1) is 17.2 Å². The first-order valence-electron chi connectivity index (χ1n) is 9.01. The van der Waals surface area contributed by atoms with E-state index in [9.17, 15) is 9.90 Å². The Morgan fingerprint density at radius 3 is 2.44 bits per heavy atom. The molecule has 2 aliphatic rings. The molecule has 0 aromatic heterocycles. The van der Waals surface area contributed by atoms with Gasteiger partial charge in [-0.05, 0) is 40.2 Å². The van der Waals surface area contributed by atoms with Crippen molar-refractivity contribution in [1.82, 2.24) is 9.80 Å². The molecule has 5 nitrogen and oxygen atoms in total. The zero-order chi connectivity index (χ0) is 18.5. The number of carbonyl (C=O) groups is 1. The Bertz CT molecular complexity index is 642. The molecule has 3 atom stereocenters. The number of hydrogen-bond acceptors (Lipinski definition) is 4. The van der Waals surface area contributed by atoms with Crippen LogP contribution in [0.2, 0.25) is 0 Å². The summed E-state index contributed by atoms with van der Waals surface area (Å²) in [5.41, 5.74) is -0.363. The highest BCUT2D eigenvalue weighted by molar-refractivity contribution is 5.71. The highest BCUT2D eigenvalue weighted by Crippen LogP contribution is 2.46. The SMILES string of the molecule is CC(C)(C)OC(=O)N1C2(C)CN(Cc3ccccc3)C[C@@]1(C)CC2O. The lowest BCUT2D eigenvalue weighted by Crippen LogP contribution is -2.68. The summed E-state index contributed by atoms with van der Waals surface area (Å²) in [6.07, 6.45) is -0.298. The summed E-state index contributed by atoms with van der Waals surface area (Å²) in [5, 5.41) is 10.7. The summed E-state index contributed by atoms with van der Waals surface area (Å²) in [5.74, 6) is 0. The zero-order valence-electron chi connectivity index (χ0n) is 16.0. The molecule has 2 bridgehead atoms. The number of rotatable bonds is 2. The second-order valence-electron chi connectivity index (χ2n) is 9.02. The monoisotopic (exact) mass is 346 g/mol. The first-order valence-corrected chi connectivity index (χ1v) is 9.01. The molecule has 25 heavy (non-hydrogen) atoms. The van der Waals surface area contributed by atoms with Crippen LogP contribution in [-0.2, 0) is 11.3 Å². The van der Waals surface area contributed by atoms with Crippen molar-refractivity contribution < 1.29 is 14.6 Å². The molecule has 138 valence electrons. The molecule has 2 aliphatic heterocycles. The second-order valence-corrected chi connectivity index (χ2v) is 9.02. The molecule has 1 aromatic rings. The van der Waals surface area contributed by atoms with Crippen LogP contribution in [0.3, 0.4) is 0 Å². The molecule has 1 amide bonds. The molecule has 0 spiro atoms. The molecule has 1 N–H and O–H groups in total. The molecule has 0 radical (unpaired) electrons. The van der Waals surface area contributed by atoms with Crippen molar-refractivity contribution in [2.75, 3.05) is 13.1 Å². The Balaban J connectivity index is 1.84. The molecule has 2 saturated heterocycles. The summed E-state index contributed by atoms with van der Waals surface area (Å²) >= 11 is 0. The van der Waals surface area contributed by atoms with Gasteiger partial charge in [-0.25, -0.2) is 4.79 Å². The number of aliphatic hydroxyl groups excluding tert-OH is 1. The largest absolute Gasteiger partial charge is 0.444 e. The molecule has 2 unspecified atom stereocenters. The lowest BCUT2D eigenvalue weighted by atomic mass is 9.94. The summed E-state index contributed by atoms with van der Waals surface area (Å²) in [6.45, 7) is 11.8. The van der Waals surface area contributed by atoms with E-state index >= 15 is 0 Å². The zero-order valence-corrected chi connectivity index (χ0v) is 16.0. The van der Waals surface area contributed by atoms with Crippen molar-refractivity contribution in [2.24, 2.45) is 0 Å². The number of amides is 1. The van der Waals surface area contributed by atoms with Crippen LogP contribution in [-0.4, -0.2) is 56.9 Å². The quantitative estimate of drug-likeness (QED) is 0.894. The van der Waals surface area contributed by atoms with Crippen LogP contribution < -0.4 is 0 Å². The molecular formula is C20H30N2O3. The van der Waals surface area contributed by atoms with E-state index in [0.717, 1.165) is 13.1 Å². The van der Waals surface area contributed by atoms with Gasteiger partial charge < -0.3 is 9.84 Å². The Morgan fingerprint density at radius 1 is 1.24 bits per heavy atom. The van der Waals surface area contributed by atoms with E-state index < -0.39 is 22.8 Å². The molecule has 1 aromatic carbocycles. The summed E-state index contributed by atoms with van der Waals surface area (Å²) in [7, 11) is 0. The summed E-state index contributed by atoms with van der Waals surface area (Å²) in [6, 6.07) is 10.3. The minimum absolute atomic E-state index is 0.326. The smallest absolute Gasteiger partial charge is 0.411 e. The number of carbonyl (C=O) groups excluding carboxylic acids is 1. The first-order chi connectivity index (χ1) is 11.5. The van der Waals surface area contributed by atoms with Crippen LogP contribution in [0, 0.1) is 0 Å². The molecule has 0 aliphatic carbocycles. The van der Waals surface area contributed by atoms with Gasteiger partial charge in [0, 0.05) is 26.1 Å². The number of nitrogens with zero attached hydrogens (tertiary/aromatic N) is 2. The number of piperazine rings is 1. The molecule has 0 saturated carbocycles. The highest BCUT2D eigenvalue weighted by atomic mass is 16.6. The predicted molar refractivity (Wildman–Crippen MR) is 97.2 cm³/mol. The third kappa shape index (κ3) is 3.40. The van der Waals surface area contributed by atoms with Crippen LogP contribution >= 0.6 is 0 Å². The molecule has 3 rings (SSSR count). The third-order valence-corrected chi connectivity index (χ3v) is 5.33. The maximum absolute atomic E-state index is 12.9. The van der Waals surface area contributed by atoms with Crippen LogP contribution in [0.4, 0.5) is 4.79 Å². The van der Waals surface area contributed by atoms with Crippen molar-refractivity contribution >= 4 is 6.09 Å². The second kappa shape index (κ2) is 5.99. The Labute approximate surface area is 150 Å². The van der Waals surface area contributed by atoms with E-state index in [-0.39, 0.29) is 6.09 Å². The number of benzene rings is 1. The van der Waals surface area contributed by atoms with Crippen LogP contribution in [0.25, 0.3) is 0 Å². The molecule has 2 heterocycles. The maximum atomic E-state index is 12.9. The Morgan fingerprint density at radius 2 is 1.88 bits per heavy atom. The van der Waals surface area contributed by atoms with E-state index in [4.69, 9.17) is 4.74 Å². The molecule has 2 fully saturated rings. The van der Waals surface area contributed by atoms with Gasteiger partial charge in [0.2, 0.25) is 0 Å². The van der Waals surface area contributed by atoms with Gasteiger partial charge in [0.1, 0.15) is 5.60 Å². The van der Waals surface area contributed by atoms with Crippen molar-refractivity contribution in [3.8, 4) is 0 Å². The Hall–Kier alpha value is -1.59. The topological polar surface area (TPSA) is 53.0 Å². The number of aliphatic hydroxyl groups is 1. The minimum Gasteiger partial charge on any atom is -0.444 e. The lowest BCUT2D eigenvalue weighted by Gasteiger charge is -2.52. The van der Waals surface area contributed by atoms with E-state index in [0.29, 0.717) is 13.0 Å². The fraction of sp³-hybridized carbons (Fsp3) is 0.650. The fourth-order valence-electron chi connectivity index (χ4n) is 4.48. The van der Waals surface area contributed by atoms with Crippen molar-refractivity contribution in [3.05, 3.63) is 35.9 Å². The number of likely N-dealkylation sites (tertiary alicyclic amines) is 1. The first kappa shape index (κ1) is 18.2. The van der Waals surface area contributed by atoms with Crippen molar-refractivity contribution in [1.29, 1.82) is 0 Å². The van der Waals surface area contributed by atoms with E-state index in [1.165, 1.54) is 5.56 Å². The van der Waals surface area contributed by atoms with Gasteiger partial charge in [-0.15, -0.1) is 0 Å². The van der Waals surface area contributed by atoms with Crippen LogP contribution in [0.15, 0.2) is 30.3 Å². The predicted octanol–water partition coefficient (Wildman–Crippen LogP) is 3.02.